The maximum absolute atomic E-state index is 11.3. The first-order chi connectivity index (χ1) is 10.4. The Hall–Kier alpha value is -3.00. The molecule has 114 valence electrons. The van der Waals surface area contributed by atoms with Crippen LogP contribution in [0.1, 0.15) is 0 Å². The molecular weight excluding hydrogens is 292 g/mol. The highest BCUT2D eigenvalue weighted by Crippen LogP contribution is 2.32. The minimum absolute atomic E-state index is 0.0109. The van der Waals surface area contributed by atoms with E-state index in [-0.39, 0.29) is 11.4 Å². The average molecular weight is 304 g/mol. The van der Waals surface area contributed by atoms with Crippen molar-refractivity contribution in [2.45, 2.75) is 6.10 Å². The molecule has 8 nitrogen and oxygen atoms in total. The second-order valence-electron chi connectivity index (χ2n) is 4.57. The zero-order chi connectivity index (χ0) is 16.3. The molecule has 1 aliphatic carbocycles. The molecule has 0 fully saturated rings. The number of benzene rings is 1. The number of allylic oxidation sites excluding steroid dienone is 1. The second-order valence-corrected chi connectivity index (χ2v) is 4.57. The van der Waals surface area contributed by atoms with Crippen molar-refractivity contribution in [1.29, 1.82) is 0 Å². The smallest absolute Gasteiger partial charge is 0.328 e. The Labute approximate surface area is 124 Å². The van der Waals surface area contributed by atoms with Gasteiger partial charge in [-0.2, -0.15) is 10.2 Å². The number of hydrogen-bond donors (Lipinski definition) is 4. The average Bonchev–Trinajstić information content (AvgIpc) is 2.47. The predicted molar refractivity (Wildman–Crippen MR) is 73.6 cm³/mol. The lowest BCUT2D eigenvalue weighted by molar-refractivity contribution is -0.166. The molecule has 0 saturated heterocycles. The van der Waals surface area contributed by atoms with Crippen LogP contribution in [0.4, 0.5) is 5.69 Å². The summed E-state index contributed by atoms with van der Waals surface area (Å²) in [6, 6.07) is 5.73. The van der Waals surface area contributed by atoms with Gasteiger partial charge in [-0.3, -0.25) is 9.59 Å². The van der Waals surface area contributed by atoms with Crippen LogP contribution in [-0.2, 0) is 9.59 Å². The molecule has 0 heterocycles. The van der Waals surface area contributed by atoms with E-state index in [1.807, 2.05) is 0 Å². The molecule has 0 saturated carbocycles. The van der Waals surface area contributed by atoms with E-state index in [1.54, 1.807) is 0 Å². The summed E-state index contributed by atoms with van der Waals surface area (Å²) in [5.74, 6) is -3.35. The van der Waals surface area contributed by atoms with E-state index in [2.05, 4.69) is 10.2 Å². The van der Waals surface area contributed by atoms with Crippen molar-refractivity contribution in [2.24, 2.45) is 15.6 Å². The van der Waals surface area contributed by atoms with E-state index in [9.17, 15) is 14.7 Å². The Kier molecular flexibility index (Phi) is 4.04. The van der Waals surface area contributed by atoms with Crippen molar-refractivity contribution in [3.63, 3.8) is 0 Å². The fourth-order valence-corrected chi connectivity index (χ4v) is 1.87. The Bertz CT molecular complexity index is 676. The summed E-state index contributed by atoms with van der Waals surface area (Å²) in [5, 5.41) is 44.7. The minimum Gasteiger partial charge on any atom is -0.508 e. The molecule has 0 bridgehead atoms. The summed E-state index contributed by atoms with van der Waals surface area (Å²) in [6.45, 7) is 0. The second kappa shape index (κ2) is 5.78. The van der Waals surface area contributed by atoms with E-state index in [1.165, 1.54) is 30.3 Å². The van der Waals surface area contributed by atoms with Gasteiger partial charge >= 0.3 is 11.9 Å². The van der Waals surface area contributed by atoms with Crippen molar-refractivity contribution in [2.75, 3.05) is 0 Å². The van der Waals surface area contributed by atoms with Gasteiger partial charge in [-0.15, -0.1) is 0 Å². The molecule has 22 heavy (non-hydrogen) atoms. The monoisotopic (exact) mass is 304 g/mol. The number of azo groups is 1. The van der Waals surface area contributed by atoms with Crippen molar-refractivity contribution in [1.82, 2.24) is 0 Å². The first-order valence-corrected chi connectivity index (χ1v) is 6.13. The van der Waals surface area contributed by atoms with Gasteiger partial charge < -0.3 is 20.4 Å². The quantitative estimate of drug-likeness (QED) is 0.490. The summed E-state index contributed by atoms with van der Waals surface area (Å²) in [4.78, 5) is 22.5. The van der Waals surface area contributed by atoms with Gasteiger partial charge in [0.25, 0.3) is 0 Å². The Morgan fingerprint density at radius 3 is 2.18 bits per heavy atom. The fraction of sp³-hybridized carbons (Fsp3) is 0.143. The van der Waals surface area contributed by atoms with Crippen molar-refractivity contribution >= 4 is 17.6 Å². The number of nitrogens with zero attached hydrogens (tertiary/aromatic N) is 2. The van der Waals surface area contributed by atoms with Gasteiger partial charge in [-0.25, -0.2) is 0 Å². The molecule has 0 aromatic heterocycles. The number of aromatic hydroxyl groups is 1. The Balaban J connectivity index is 2.35. The van der Waals surface area contributed by atoms with Crippen molar-refractivity contribution in [3.05, 3.63) is 48.2 Å². The van der Waals surface area contributed by atoms with Crippen molar-refractivity contribution < 1.29 is 30.0 Å². The number of phenols is 1. The van der Waals surface area contributed by atoms with Crippen molar-refractivity contribution in [3.8, 4) is 5.75 Å². The maximum atomic E-state index is 11.3. The number of hydrogen-bond acceptors (Lipinski definition) is 6. The van der Waals surface area contributed by atoms with Gasteiger partial charge in [0, 0.05) is 0 Å². The lowest BCUT2D eigenvalue weighted by Gasteiger charge is -2.27. The maximum Gasteiger partial charge on any atom is 0.328 e. The molecule has 0 aliphatic heterocycles. The molecule has 1 atom stereocenters. The van der Waals surface area contributed by atoms with Crippen LogP contribution in [0.25, 0.3) is 0 Å². The Morgan fingerprint density at radius 2 is 1.64 bits per heavy atom. The molecule has 2 rings (SSSR count). The van der Waals surface area contributed by atoms with E-state index in [4.69, 9.17) is 15.3 Å². The third-order valence-electron chi connectivity index (χ3n) is 3.13. The third-order valence-corrected chi connectivity index (χ3v) is 3.13. The first kappa shape index (κ1) is 15.4. The third kappa shape index (κ3) is 2.72. The van der Waals surface area contributed by atoms with Gasteiger partial charge in [-0.1, -0.05) is 6.08 Å². The standard InChI is InChI=1S/C14H12N2O6/c17-10-4-1-8(2-5-10)15-16-9-3-6-11(18)14(7-9,12(19)20)13(21)22/h1-7,11,17-18H,(H,19,20)(H,21,22). The number of carbonyl (C=O) groups is 2. The van der Waals surface area contributed by atoms with E-state index in [0.717, 1.165) is 12.2 Å². The van der Waals surface area contributed by atoms with Gasteiger partial charge in [0.1, 0.15) is 11.9 Å². The summed E-state index contributed by atoms with van der Waals surface area (Å²) < 4.78 is 0. The molecule has 8 heteroatoms. The van der Waals surface area contributed by atoms with Gasteiger partial charge in [0.2, 0.25) is 5.41 Å². The van der Waals surface area contributed by atoms with Crippen LogP contribution in [0, 0.1) is 5.41 Å². The highest BCUT2D eigenvalue weighted by molar-refractivity contribution is 6.02. The Morgan fingerprint density at radius 1 is 1.05 bits per heavy atom. The molecule has 1 aromatic rings. The van der Waals surface area contributed by atoms with Crippen LogP contribution < -0.4 is 0 Å². The van der Waals surface area contributed by atoms with Crippen LogP contribution in [0.2, 0.25) is 0 Å². The number of aliphatic hydroxyl groups excluding tert-OH is 1. The number of phenolic OH excluding ortho intramolecular Hbond substituents is 1. The van der Waals surface area contributed by atoms with E-state index in [0.29, 0.717) is 5.69 Å². The number of carboxylic acid groups (broad SMARTS) is 2. The largest absolute Gasteiger partial charge is 0.508 e. The highest BCUT2D eigenvalue weighted by atomic mass is 16.4. The summed E-state index contributed by atoms with van der Waals surface area (Å²) in [5.41, 5.74) is -2.13. The van der Waals surface area contributed by atoms with Crippen LogP contribution in [0.15, 0.2) is 58.4 Å². The topological polar surface area (TPSA) is 140 Å². The molecular formula is C14H12N2O6. The van der Waals surface area contributed by atoms with Crippen LogP contribution in [-0.4, -0.2) is 38.5 Å². The van der Waals surface area contributed by atoms with E-state index >= 15 is 0 Å². The summed E-state index contributed by atoms with van der Waals surface area (Å²) in [6.07, 6.45) is 1.44. The molecule has 4 N–H and O–H groups in total. The zero-order valence-corrected chi connectivity index (χ0v) is 11.1. The number of aliphatic hydroxyl groups is 1. The molecule has 0 amide bonds. The predicted octanol–water partition coefficient (Wildman–Crippen LogP) is 1.45. The van der Waals surface area contributed by atoms with Crippen LogP contribution in [0.3, 0.4) is 0 Å². The molecule has 0 spiro atoms. The first-order valence-electron chi connectivity index (χ1n) is 6.13. The molecule has 1 unspecified atom stereocenters. The number of rotatable bonds is 4. The fourth-order valence-electron chi connectivity index (χ4n) is 1.87. The highest BCUT2D eigenvalue weighted by Gasteiger charge is 2.52. The number of carboxylic acids is 2. The van der Waals surface area contributed by atoms with Crippen LogP contribution >= 0.6 is 0 Å². The molecule has 0 radical (unpaired) electrons. The zero-order valence-electron chi connectivity index (χ0n) is 11.1. The SMILES string of the molecule is O=C(O)C1(C(=O)O)C=C(N=Nc2ccc(O)cc2)C=CC1O. The lowest BCUT2D eigenvalue weighted by Crippen LogP contribution is -2.48. The van der Waals surface area contributed by atoms with Gasteiger partial charge in [-0.05, 0) is 36.4 Å². The van der Waals surface area contributed by atoms with Crippen LogP contribution in [0.5, 0.6) is 5.75 Å². The van der Waals surface area contributed by atoms with Gasteiger partial charge in [0.15, 0.2) is 0 Å². The molecule has 1 aromatic carbocycles. The van der Waals surface area contributed by atoms with E-state index < -0.39 is 23.5 Å². The summed E-state index contributed by atoms with van der Waals surface area (Å²) >= 11 is 0. The summed E-state index contributed by atoms with van der Waals surface area (Å²) in [7, 11) is 0. The molecule has 1 aliphatic rings. The van der Waals surface area contributed by atoms with Gasteiger partial charge in [0.05, 0.1) is 11.4 Å². The normalized spacial score (nSPS) is 19.9. The number of aliphatic carboxylic acids is 2. The lowest BCUT2D eigenvalue weighted by atomic mass is 9.78. The minimum atomic E-state index is -2.50.